The van der Waals surface area contributed by atoms with E-state index in [1.807, 2.05) is 4.72 Å². The molecular weight excluding hydrogens is 571 g/mol. The van der Waals surface area contributed by atoms with Gasteiger partial charge < -0.3 is 23.7 Å². The van der Waals surface area contributed by atoms with Crippen molar-refractivity contribution < 1.29 is 50.1 Å². The first kappa shape index (κ1) is 30.7. The Hall–Kier alpha value is -2.85. The van der Waals surface area contributed by atoms with E-state index in [-0.39, 0.29) is 43.6 Å². The molecule has 1 saturated heterocycles. The first-order valence-electron chi connectivity index (χ1n) is 11.5. The van der Waals surface area contributed by atoms with Crippen molar-refractivity contribution in [1.82, 2.24) is 14.0 Å². The van der Waals surface area contributed by atoms with Gasteiger partial charge in [0.15, 0.2) is 0 Å². The monoisotopic (exact) mass is 597 g/mol. The Bertz CT molecular complexity index is 1250. The molecule has 1 N–H and O–H groups in total. The summed E-state index contributed by atoms with van der Waals surface area (Å²) in [5.74, 6) is -0.0429. The number of methoxy groups -OCH3 is 2. The highest BCUT2D eigenvalue weighted by Gasteiger charge is 2.35. The topological polar surface area (TPSA) is 126 Å². The molecule has 0 radical (unpaired) electrons. The molecule has 216 valence electrons. The molecule has 16 heteroatoms. The molecule has 0 bridgehead atoms. The average molecular weight is 598 g/mol. The summed E-state index contributed by atoms with van der Waals surface area (Å²) < 4.78 is 93.5. The minimum Gasteiger partial charge on any atom is -0.491 e. The quantitative estimate of drug-likeness (QED) is 0.359. The van der Waals surface area contributed by atoms with Crippen LogP contribution in [0.4, 0.5) is 18.0 Å². The van der Waals surface area contributed by atoms with E-state index in [2.05, 4.69) is 4.98 Å². The van der Waals surface area contributed by atoms with E-state index in [1.165, 1.54) is 32.4 Å². The number of alkyl halides is 3. The van der Waals surface area contributed by atoms with Gasteiger partial charge in [0, 0.05) is 44.6 Å². The minimum atomic E-state index is -4.66. The lowest BCUT2D eigenvalue weighted by molar-refractivity contribution is -0.137. The van der Waals surface area contributed by atoms with Crippen molar-refractivity contribution in [2.24, 2.45) is 0 Å². The number of hydrogen-bond acceptors (Lipinski definition) is 9. The van der Waals surface area contributed by atoms with Crippen molar-refractivity contribution in [2.75, 3.05) is 40.6 Å². The van der Waals surface area contributed by atoms with Gasteiger partial charge in [-0.25, -0.2) is 14.5 Å². The Kier molecular flexibility index (Phi) is 10.6. The van der Waals surface area contributed by atoms with E-state index in [4.69, 9.17) is 35.3 Å². The molecule has 0 aliphatic carbocycles. The number of benzene rings is 1. The molecule has 2 aromatic rings. The number of ether oxygens (including phenoxy) is 5. The zero-order valence-electron chi connectivity index (χ0n) is 21.0. The summed E-state index contributed by atoms with van der Waals surface area (Å²) >= 11 is 5.97. The van der Waals surface area contributed by atoms with Crippen molar-refractivity contribution in [3.8, 4) is 17.4 Å². The Labute approximate surface area is 228 Å². The predicted molar refractivity (Wildman–Crippen MR) is 132 cm³/mol. The second-order valence-electron chi connectivity index (χ2n) is 8.27. The number of nitrogens with one attached hydrogen (secondary N) is 1. The van der Waals surface area contributed by atoms with Crippen molar-refractivity contribution >= 4 is 27.9 Å². The number of amides is 1. The molecule has 3 rings (SSSR count). The smallest absolute Gasteiger partial charge is 0.422 e. The van der Waals surface area contributed by atoms with Crippen LogP contribution in [0, 0.1) is 0 Å². The number of carbonyl (C=O) groups excluding carboxylic acids is 1. The van der Waals surface area contributed by atoms with Crippen LogP contribution < -0.4 is 14.2 Å². The second kappa shape index (κ2) is 13.5. The van der Waals surface area contributed by atoms with Gasteiger partial charge in [-0.2, -0.15) is 25.9 Å². The minimum absolute atomic E-state index is 0.00515. The average Bonchev–Trinajstić information content (AvgIpc) is 3.34. The summed E-state index contributed by atoms with van der Waals surface area (Å²) in [5.41, 5.74) is -0.846. The first-order chi connectivity index (χ1) is 18.4. The van der Waals surface area contributed by atoms with Gasteiger partial charge in [-0.15, -0.1) is 0 Å². The van der Waals surface area contributed by atoms with Crippen LogP contribution in [0.25, 0.3) is 0 Å². The van der Waals surface area contributed by atoms with E-state index in [0.717, 1.165) is 4.31 Å². The van der Waals surface area contributed by atoms with Gasteiger partial charge in [0.1, 0.15) is 29.7 Å². The maximum Gasteiger partial charge on any atom is 0.422 e. The Morgan fingerprint density at radius 2 is 1.97 bits per heavy atom. The normalized spacial score (nSPS) is 16.2. The van der Waals surface area contributed by atoms with Gasteiger partial charge >= 0.3 is 22.5 Å². The molecule has 1 fully saturated rings. The summed E-state index contributed by atoms with van der Waals surface area (Å²) in [7, 11) is -1.25. The third kappa shape index (κ3) is 8.57. The van der Waals surface area contributed by atoms with Gasteiger partial charge in [0.25, 0.3) is 0 Å². The zero-order valence-corrected chi connectivity index (χ0v) is 22.6. The summed E-state index contributed by atoms with van der Waals surface area (Å²) in [6, 6.07) is 4.63. The van der Waals surface area contributed by atoms with Crippen LogP contribution in [0.15, 0.2) is 30.5 Å². The number of aromatic nitrogens is 1. The maximum absolute atomic E-state index is 13.0. The lowest BCUT2D eigenvalue weighted by Crippen LogP contribution is -2.47. The number of rotatable bonds is 12. The van der Waals surface area contributed by atoms with Gasteiger partial charge in [0.2, 0.25) is 5.88 Å². The van der Waals surface area contributed by atoms with E-state index < -0.39 is 45.7 Å². The van der Waals surface area contributed by atoms with E-state index in [0.29, 0.717) is 30.9 Å². The number of nitrogens with zero attached hydrogens (tertiary/aromatic N) is 2. The van der Waals surface area contributed by atoms with E-state index >= 15 is 0 Å². The summed E-state index contributed by atoms with van der Waals surface area (Å²) in [5, 5.41) is -0.414. The summed E-state index contributed by atoms with van der Waals surface area (Å²) in [6.45, 7) is 0.404. The van der Waals surface area contributed by atoms with Gasteiger partial charge in [0.05, 0.1) is 18.8 Å². The highest BCUT2D eigenvalue weighted by atomic mass is 35.5. The number of hydrogen-bond donors (Lipinski definition) is 1. The highest BCUT2D eigenvalue weighted by molar-refractivity contribution is 7.87. The fourth-order valence-corrected chi connectivity index (χ4v) is 5.18. The second-order valence-corrected chi connectivity index (χ2v) is 10.3. The van der Waals surface area contributed by atoms with Crippen molar-refractivity contribution in [3.05, 3.63) is 46.6 Å². The lowest BCUT2D eigenvalue weighted by atomic mass is 10.2. The number of carbonyl (C=O) groups is 1. The number of halogens is 4. The van der Waals surface area contributed by atoms with Crippen LogP contribution in [0.1, 0.15) is 24.0 Å². The molecule has 1 aliphatic heterocycles. The number of pyridine rings is 1. The van der Waals surface area contributed by atoms with Crippen LogP contribution in [0.5, 0.6) is 17.4 Å². The Morgan fingerprint density at radius 1 is 1.21 bits per heavy atom. The van der Waals surface area contributed by atoms with Crippen molar-refractivity contribution in [1.29, 1.82) is 0 Å². The van der Waals surface area contributed by atoms with Crippen LogP contribution >= 0.6 is 11.6 Å². The van der Waals surface area contributed by atoms with E-state index in [1.54, 1.807) is 0 Å². The van der Waals surface area contributed by atoms with Gasteiger partial charge in [-0.1, -0.05) is 11.6 Å². The molecule has 1 aromatic heterocycles. The molecule has 1 amide bonds. The third-order valence-electron chi connectivity index (χ3n) is 5.50. The molecule has 1 atom stereocenters. The molecule has 39 heavy (non-hydrogen) atoms. The maximum atomic E-state index is 13.0. The van der Waals surface area contributed by atoms with Crippen molar-refractivity contribution in [2.45, 2.75) is 31.7 Å². The van der Waals surface area contributed by atoms with Gasteiger partial charge in [-0.05, 0) is 31.0 Å². The van der Waals surface area contributed by atoms with Crippen LogP contribution in [-0.2, 0) is 37.2 Å². The Morgan fingerprint density at radius 3 is 2.64 bits per heavy atom. The molecule has 1 aliphatic rings. The van der Waals surface area contributed by atoms with Crippen molar-refractivity contribution in [3.63, 3.8) is 0 Å². The SMILES string of the molecule is COCCOc1ccc(COC(=O)NS(=O)(=O)N2CCC[C@H]2COC)c(Oc2ncc(C(F)(F)F)cc2Cl)c1. The largest absolute Gasteiger partial charge is 0.491 e. The summed E-state index contributed by atoms with van der Waals surface area (Å²) in [6.07, 6.45) is -4.14. The third-order valence-corrected chi connectivity index (χ3v) is 7.29. The first-order valence-corrected chi connectivity index (χ1v) is 13.4. The molecule has 1 aromatic carbocycles. The fourth-order valence-electron chi connectivity index (χ4n) is 3.66. The zero-order chi connectivity index (χ0) is 28.6. The molecule has 2 heterocycles. The molecule has 0 saturated carbocycles. The standard InChI is InChI=1S/C23H27ClF3N3O8S/c1-34-8-9-36-18-6-5-15(20(11-18)38-21-19(24)10-16(12-28-21)23(25,26)27)13-37-22(31)29-39(32,33)30-7-3-4-17(30)14-35-2/h5-6,10-12,17H,3-4,7-9,13-14H2,1-2H3,(H,29,31)/t17-/m0/s1. The summed E-state index contributed by atoms with van der Waals surface area (Å²) in [4.78, 5) is 16.0. The lowest BCUT2D eigenvalue weighted by Gasteiger charge is -2.23. The predicted octanol–water partition coefficient (Wildman–Crippen LogP) is 4.15. The van der Waals surface area contributed by atoms with Crippen LogP contribution in [-0.4, -0.2) is 70.4 Å². The molecular formula is C23H27ClF3N3O8S. The van der Waals surface area contributed by atoms with E-state index in [9.17, 15) is 26.4 Å². The van der Waals surface area contributed by atoms with Crippen LogP contribution in [0.2, 0.25) is 5.02 Å². The van der Waals surface area contributed by atoms with Crippen LogP contribution in [0.3, 0.4) is 0 Å². The molecule has 0 unspecified atom stereocenters. The highest BCUT2D eigenvalue weighted by Crippen LogP contribution is 2.36. The molecule has 11 nitrogen and oxygen atoms in total. The Balaban J connectivity index is 1.75. The fraction of sp³-hybridized carbons (Fsp3) is 0.478. The van der Waals surface area contributed by atoms with Gasteiger partial charge in [-0.3, -0.25) is 0 Å². The molecule has 0 spiro atoms.